The molecule has 0 aromatic carbocycles. The second kappa shape index (κ2) is 5.16. The molecule has 0 aromatic heterocycles. The third-order valence-electron chi connectivity index (χ3n) is 1.41. The van der Waals surface area contributed by atoms with Crippen LogP contribution in [0.2, 0.25) is 0 Å². The summed E-state index contributed by atoms with van der Waals surface area (Å²) in [4.78, 5) is 10.6. The zero-order valence-corrected chi connectivity index (χ0v) is 8.20. The standard InChI is InChI=1S/C8H17NO4/c1-8(2,12)5-9-6(4-13-3)7(10)11/h6,9,12H,4-5H2,1-3H3,(H,10,11). The number of rotatable bonds is 6. The van der Waals surface area contributed by atoms with E-state index in [1.807, 2.05) is 0 Å². The van der Waals surface area contributed by atoms with Gasteiger partial charge in [-0.25, -0.2) is 0 Å². The minimum absolute atomic E-state index is 0.0887. The Balaban J connectivity index is 3.90. The van der Waals surface area contributed by atoms with Gasteiger partial charge >= 0.3 is 5.97 Å². The summed E-state index contributed by atoms with van der Waals surface area (Å²) in [6.07, 6.45) is 0. The largest absolute Gasteiger partial charge is 0.480 e. The first-order chi connectivity index (χ1) is 5.87. The van der Waals surface area contributed by atoms with Crippen LogP contribution in [0.3, 0.4) is 0 Å². The van der Waals surface area contributed by atoms with Crippen LogP contribution in [-0.2, 0) is 9.53 Å². The quantitative estimate of drug-likeness (QED) is 0.525. The van der Waals surface area contributed by atoms with Crippen LogP contribution < -0.4 is 5.32 Å². The molecule has 0 aliphatic rings. The molecular weight excluding hydrogens is 174 g/mol. The third-order valence-corrected chi connectivity index (χ3v) is 1.41. The van der Waals surface area contributed by atoms with Crippen LogP contribution in [0.5, 0.6) is 0 Å². The van der Waals surface area contributed by atoms with E-state index < -0.39 is 17.6 Å². The summed E-state index contributed by atoms with van der Waals surface area (Å²) in [5.41, 5.74) is -0.915. The number of carboxylic acid groups (broad SMARTS) is 1. The number of hydrogen-bond acceptors (Lipinski definition) is 4. The van der Waals surface area contributed by atoms with Gasteiger partial charge in [0, 0.05) is 13.7 Å². The SMILES string of the molecule is COCC(NCC(C)(C)O)C(=O)O. The lowest BCUT2D eigenvalue weighted by Crippen LogP contribution is -2.46. The summed E-state index contributed by atoms with van der Waals surface area (Å²) in [5.74, 6) is -0.980. The number of ether oxygens (including phenoxy) is 1. The molecule has 0 saturated heterocycles. The van der Waals surface area contributed by atoms with Crippen LogP contribution in [0.25, 0.3) is 0 Å². The van der Waals surface area contributed by atoms with Gasteiger partial charge in [-0.2, -0.15) is 0 Å². The molecule has 1 unspecified atom stereocenters. The van der Waals surface area contributed by atoms with Crippen molar-refractivity contribution in [1.82, 2.24) is 5.32 Å². The summed E-state index contributed by atoms with van der Waals surface area (Å²) in [7, 11) is 1.43. The summed E-state index contributed by atoms with van der Waals surface area (Å²) in [5, 5.41) is 20.7. The van der Waals surface area contributed by atoms with Crippen molar-refractivity contribution < 1.29 is 19.7 Å². The van der Waals surface area contributed by atoms with E-state index >= 15 is 0 Å². The predicted octanol–water partition coefficient (Wildman–Crippen LogP) is -0.553. The molecule has 0 radical (unpaired) electrons. The molecule has 0 heterocycles. The molecule has 3 N–H and O–H groups in total. The van der Waals surface area contributed by atoms with Gasteiger partial charge in [0.2, 0.25) is 0 Å². The molecule has 5 heteroatoms. The molecule has 0 spiro atoms. The average molecular weight is 191 g/mol. The Morgan fingerprint density at radius 3 is 2.46 bits per heavy atom. The molecule has 0 aromatic rings. The van der Waals surface area contributed by atoms with E-state index in [0.29, 0.717) is 0 Å². The van der Waals surface area contributed by atoms with Crippen LogP contribution in [0.4, 0.5) is 0 Å². The van der Waals surface area contributed by atoms with Crippen LogP contribution in [0, 0.1) is 0 Å². The number of aliphatic hydroxyl groups is 1. The number of hydrogen-bond donors (Lipinski definition) is 3. The van der Waals surface area contributed by atoms with E-state index in [1.54, 1.807) is 13.8 Å². The van der Waals surface area contributed by atoms with Crippen LogP contribution in [0.1, 0.15) is 13.8 Å². The summed E-state index contributed by atoms with van der Waals surface area (Å²) in [6, 6.07) is -0.767. The molecule has 0 rings (SSSR count). The number of carbonyl (C=O) groups is 1. The fourth-order valence-electron chi connectivity index (χ4n) is 0.757. The summed E-state index contributed by atoms with van der Waals surface area (Å²) < 4.78 is 4.71. The fourth-order valence-corrected chi connectivity index (χ4v) is 0.757. The molecule has 78 valence electrons. The van der Waals surface area contributed by atoms with Crippen LogP contribution >= 0.6 is 0 Å². The minimum Gasteiger partial charge on any atom is -0.480 e. The number of methoxy groups -OCH3 is 1. The summed E-state index contributed by atoms with van der Waals surface area (Å²) >= 11 is 0. The van der Waals surface area contributed by atoms with Gasteiger partial charge < -0.3 is 14.9 Å². The lowest BCUT2D eigenvalue weighted by Gasteiger charge is -2.21. The normalized spacial score (nSPS) is 14.2. The zero-order chi connectivity index (χ0) is 10.5. The maximum Gasteiger partial charge on any atom is 0.323 e. The molecule has 0 saturated carbocycles. The van der Waals surface area contributed by atoms with Crippen molar-refractivity contribution in [3.63, 3.8) is 0 Å². The van der Waals surface area contributed by atoms with Gasteiger partial charge in [-0.1, -0.05) is 0 Å². The van der Waals surface area contributed by atoms with Crippen LogP contribution in [0.15, 0.2) is 0 Å². The van der Waals surface area contributed by atoms with Crippen molar-refractivity contribution in [3.05, 3.63) is 0 Å². The highest BCUT2D eigenvalue weighted by molar-refractivity contribution is 5.73. The Labute approximate surface area is 77.7 Å². The smallest absolute Gasteiger partial charge is 0.323 e. The first-order valence-electron chi connectivity index (χ1n) is 4.04. The zero-order valence-electron chi connectivity index (χ0n) is 8.20. The van der Waals surface area contributed by atoms with E-state index in [2.05, 4.69) is 5.32 Å². The highest BCUT2D eigenvalue weighted by atomic mass is 16.5. The van der Waals surface area contributed by atoms with Gasteiger partial charge in [-0.05, 0) is 13.8 Å². The molecule has 0 bridgehead atoms. The summed E-state index contributed by atoms with van der Waals surface area (Å²) in [6.45, 7) is 3.51. The minimum atomic E-state index is -0.980. The fraction of sp³-hybridized carbons (Fsp3) is 0.875. The average Bonchev–Trinajstić information content (AvgIpc) is 1.95. The van der Waals surface area contributed by atoms with Crippen molar-refractivity contribution in [3.8, 4) is 0 Å². The Morgan fingerprint density at radius 2 is 2.15 bits per heavy atom. The van der Waals surface area contributed by atoms with Gasteiger partial charge in [0.05, 0.1) is 12.2 Å². The van der Waals surface area contributed by atoms with E-state index in [4.69, 9.17) is 9.84 Å². The number of nitrogens with one attached hydrogen (secondary N) is 1. The van der Waals surface area contributed by atoms with Gasteiger partial charge in [0.25, 0.3) is 0 Å². The predicted molar refractivity (Wildman–Crippen MR) is 47.6 cm³/mol. The maximum absolute atomic E-state index is 10.6. The van der Waals surface area contributed by atoms with Crippen molar-refractivity contribution in [2.45, 2.75) is 25.5 Å². The molecule has 0 aliphatic heterocycles. The van der Waals surface area contributed by atoms with Crippen molar-refractivity contribution in [2.75, 3.05) is 20.3 Å². The van der Waals surface area contributed by atoms with E-state index in [9.17, 15) is 9.90 Å². The van der Waals surface area contributed by atoms with E-state index in [-0.39, 0.29) is 13.2 Å². The first-order valence-corrected chi connectivity index (χ1v) is 4.04. The first kappa shape index (κ1) is 12.3. The Bertz CT molecular complexity index is 164. The number of carboxylic acids is 1. The second-order valence-electron chi connectivity index (χ2n) is 3.54. The molecule has 0 fully saturated rings. The van der Waals surface area contributed by atoms with Crippen molar-refractivity contribution >= 4 is 5.97 Å². The lowest BCUT2D eigenvalue weighted by atomic mass is 10.1. The van der Waals surface area contributed by atoms with E-state index in [1.165, 1.54) is 7.11 Å². The Hall–Kier alpha value is -0.650. The number of aliphatic carboxylic acids is 1. The molecule has 13 heavy (non-hydrogen) atoms. The highest BCUT2D eigenvalue weighted by Gasteiger charge is 2.20. The maximum atomic E-state index is 10.6. The topological polar surface area (TPSA) is 78.8 Å². The van der Waals surface area contributed by atoms with Crippen molar-refractivity contribution in [1.29, 1.82) is 0 Å². The molecular formula is C8H17NO4. The van der Waals surface area contributed by atoms with Gasteiger partial charge in [-0.15, -0.1) is 0 Å². The Morgan fingerprint density at radius 1 is 1.62 bits per heavy atom. The van der Waals surface area contributed by atoms with Crippen LogP contribution in [-0.4, -0.2) is 48.1 Å². The Kier molecular flexibility index (Phi) is 4.90. The molecule has 1 atom stereocenters. The second-order valence-corrected chi connectivity index (χ2v) is 3.54. The molecule has 0 amide bonds. The third kappa shape index (κ3) is 6.51. The lowest BCUT2D eigenvalue weighted by molar-refractivity contribution is -0.141. The van der Waals surface area contributed by atoms with Gasteiger partial charge in [-0.3, -0.25) is 10.1 Å². The van der Waals surface area contributed by atoms with Gasteiger partial charge in [0.1, 0.15) is 6.04 Å². The monoisotopic (exact) mass is 191 g/mol. The molecule has 0 aliphatic carbocycles. The van der Waals surface area contributed by atoms with E-state index in [0.717, 1.165) is 0 Å². The molecule has 5 nitrogen and oxygen atoms in total. The van der Waals surface area contributed by atoms with Crippen molar-refractivity contribution in [2.24, 2.45) is 0 Å². The van der Waals surface area contributed by atoms with Gasteiger partial charge in [0.15, 0.2) is 0 Å². The highest BCUT2D eigenvalue weighted by Crippen LogP contribution is 1.98.